The van der Waals surface area contributed by atoms with Crippen molar-refractivity contribution in [1.82, 2.24) is 10.2 Å². The number of benzene rings is 1. The zero-order valence-corrected chi connectivity index (χ0v) is 12.7. The van der Waals surface area contributed by atoms with Crippen LogP contribution in [0.4, 0.5) is 5.82 Å². The number of nitrogens with zero attached hydrogens (tertiary/aromatic N) is 1. The molecule has 1 heterocycles. The minimum atomic E-state index is 0.152. The molecular formula is C16H23N3O. The average molecular weight is 273 g/mol. The van der Waals surface area contributed by atoms with Crippen molar-refractivity contribution < 1.29 is 4.74 Å². The number of anilines is 1. The Balaban J connectivity index is 2.34. The van der Waals surface area contributed by atoms with Gasteiger partial charge in [-0.2, -0.15) is 5.10 Å². The lowest BCUT2D eigenvalue weighted by Crippen LogP contribution is -2.10. The molecule has 0 fully saturated rings. The van der Waals surface area contributed by atoms with Crippen LogP contribution in [0.25, 0.3) is 11.1 Å². The fourth-order valence-electron chi connectivity index (χ4n) is 2.24. The molecule has 0 radical (unpaired) electrons. The molecule has 4 nitrogen and oxygen atoms in total. The molecule has 0 atom stereocenters. The van der Waals surface area contributed by atoms with E-state index in [0.29, 0.717) is 12.4 Å². The van der Waals surface area contributed by atoms with E-state index in [1.807, 2.05) is 0 Å². The van der Waals surface area contributed by atoms with Crippen molar-refractivity contribution >= 4 is 5.82 Å². The van der Waals surface area contributed by atoms with Crippen molar-refractivity contribution in [2.45, 2.75) is 32.6 Å². The molecule has 1 aromatic heterocycles. The fraction of sp³-hybridized carbons (Fsp3) is 0.438. The van der Waals surface area contributed by atoms with Gasteiger partial charge in [-0.1, -0.05) is 45.0 Å². The standard InChI is InChI=1S/C16H23N3O/c1-16(2,3)12-7-5-11(6-8-12)14-13(9-10-20-4)18-19-15(14)17/h5-8H,9-10H2,1-4H3,(H3,17,18,19). The first-order chi connectivity index (χ1) is 9.43. The lowest BCUT2D eigenvalue weighted by molar-refractivity contribution is 0.201. The Hall–Kier alpha value is -1.81. The summed E-state index contributed by atoms with van der Waals surface area (Å²) in [6.45, 7) is 7.27. The molecule has 108 valence electrons. The van der Waals surface area contributed by atoms with Crippen LogP contribution in [0.15, 0.2) is 24.3 Å². The van der Waals surface area contributed by atoms with E-state index in [4.69, 9.17) is 10.5 Å². The van der Waals surface area contributed by atoms with Gasteiger partial charge in [0.2, 0.25) is 0 Å². The van der Waals surface area contributed by atoms with Crippen LogP contribution in [-0.2, 0) is 16.6 Å². The Morgan fingerprint density at radius 2 is 1.85 bits per heavy atom. The molecule has 0 bridgehead atoms. The van der Waals surface area contributed by atoms with Crippen molar-refractivity contribution in [2.75, 3.05) is 19.5 Å². The average Bonchev–Trinajstić information content (AvgIpc) is 2.76. The highest BCUT2D eigenvalue weighted by molar-refractivity contribution is 5.76. The van der Waals surface area contributed by atoms with Gasteiger partial charge in [0.15, 0.2) is 5.82 Å². The van der Waals surface area contributed by atoms with Crippen molar-refractivity contribution in [2.24, 2.45) is 0 Å². The fourth-order valence-corrected chi connectivity index (χ4v) is 2.24. The lowest BCUT2D eigenvalue weighted by Gasteiger charge is -2.19. The summed E-state index contributed by atoms with van der Waals surface area (Å²) in [7, 11) is 1.69. The molecule has 2 aromatic rings. The van der Waals surface area contributed by atoms with Gasteiger partial charge in [0.1, 0.15) is 0 Å². The van der Waals surface area contributed by atoms with Gasteiger partial charge in [-0.15, -0.1) is 0 Å². The third-order valence-electron chi connectivity index (χ3n) is 3.47. The number of nitrogens with one attached hydrogen (secondary N) is 1. The third kappa shape index (κ3) is 3.02. The molecular weight excluding hydrogens is 250 g/mol. The Labute approximate surface area is 120 Å². The van der Waals surface area contributed by atoms with Gasteiger partial charge in [-0.25, -0.2) is 0 Å². The Morgan fingerprint density at radius 1 is 1.20 bits per heavy atom. The summed E-state index contributed by atoms with van der Waals surface area (Å²) in [6, 6.07) is 8.53. The number of rotatable bonds is 4. The molecule has 0 aliphatic rings. The first-order valence-electron chi connectivity index (χ1n) is 6.86. The highest BCUT2D eigenvalue weighted by Crippen LogP contribution is 2.30. The molecule has 0 unspecified atom stereocenters. The van der Waals surface area contributed by atoms with Crippen LogP contribution in [0.5, 0.6) is 0 Å². The largest absolute Gasteiger partial charge is 0.384 e. The number of ether oxygens (including phenoxy) is 1. The second kappa shape index (κ2) is 5.67. The van der Waals surface area contributed by atoms with E-state index in [1.165, 1.54) is 5.56 Å². The number of H-pyrrole nitrogens is 1. The number of hydrogen-bond donors (Lipinski definition) is 2. The summed E-state index contributed by atoms with van der Waals surface area (Å²) < 4.78 is 5.12. The Morgan fingerprint density at radius 3 is 2.40 bits per heavy atom. The van der Waals surface area contributed by atoms with E-state index in [0.717, 1.165) is 23.2 Å². The number of methoxy groups -OCH3 is 1. The highest BCUT2D eigenvalue weighted by Gasteiger charge is 2.16. The maximum atomic E-state index is 5.99. The first-order valence-corrected chi connectivity index (χ1v) is 6.86. The molecule has 4 heteroatoms. The predicted octanol–water partition coefficient (Wildman–Crippen LogP) is 3.15. The second-order valence-corrected chi connectivity index (χ2v) is 6.03. The number of nitrogen functional groups attached to an aromatic ring is 1. The number of aromatic amines is 1. The third-order valence-corrected chi connectivity index (χ3v) is 3.47. The van der Waals surface area contributed by atoms with Crippen molar-refractivity contribution in [3.63, 3.8) is 0 Å². The van der Waals surface area contributed by atoms with Gasteiger partial charge < -0.3 is 10.5 Å². The van der Waals surface area contributed by atoms with Crippen molar-refractivity contribution in [3.8, 4) is 11.1 Å². The van der Waals surface area contributed by atoms with E-state index in [-0.39, 0.29) is 5.41 Å². The van der Waals surface area contributed by atoms with Crippen LogP contribution in [0.1, 0.15) is 32.0 Å². The molecule has 2 rings (SSSR count). The molecule has 0 saturated carbocycles. The van der Waals surface area contributed by atoms with E-state index >= 15 is 0 Å². The van der Waals surface area contributed by atoms with E-state index in [9.17, 15) is 0 Å². The van der Waals surface area contributed by atoms with Crippen LogP contribution in [0.3, 0.4) is 0 Å². The molecule has 3 N–H and O–H groups in total. The van der Waals surface area contributed by atoms with E-state index in [1.54, 1.807) is 7.11 Å². The molecule has 0 aliphatic carbocycles. The Bertz CT molecular complexity index is 564. The number of aromatic nitrogens is 2. The molecule has 1 aromatic carbocycles. The molecule has 0 amide bonds. The van der Waals surface area contributed by atoms with E-state index in [2.05, 4.69) is 55.2 Å². The van der Waals surface area contributed by atoms with Crippen LogP contribution in [-0.4, -0.2) is 23.9 Å². The summed E-state index contributed by atoms with van der Waals surface area (Å²) in [4.78, 5) is 0. The molecule has 20 heavy (non-hydrogen) atoms. The second-order valence-electron chi connectivity index (χ2n) is 6.03. The van der Waals surface area contributed by atoms with Crippen molar-refractivity contribution in [3.05, 3.63) is 35.5 Å². The van der Waals surface area contributed by atoms with Gasteiger partial charge >= 0.3 is 0 Å². The van der Waals surface area contributed by atoms with Crippen LogP contribution in [0.2, 0.25) is 0 Å². The molecule has 0 aliphatic heterocycles. The van der Waals surface area contributed by atoms with Gasteiger partial charge in [0, 0.05) is 24.8 Å². The minimum Gasteiger partial charge on any atom is -0.384 e. The highest BCUT2D eigenvalue weighted by atomic mass is 16.5. The maximum Gasteiger partial charge on any atom is 0.153 e. The van der Waals surface area contributed by atoms with Gasteiger partial charge in [-0.3, -0.25) is 5.10 Å². The zero-order valence-electron chi connectivity index (χ0n) is 12.7. The van der Waals surface area contributed by atoms with Crippen LogP contribution in [0, 0.1) is 0 Å². The summed E-state index contributed by atoms with van der Waals surface area (Å²) in [5.74, 6) is 0.541. The normalized spacial score (nSPS) is 11.8. The maximum absolute atomic E-state index is 5.99. The number of hydrogen-bond acceptors (Lipinski definition) is 3. The topological polar surface area (TPSA) is 63.9 Å². The smallest absolute Gasteiger partial charge is 0.153 e. The van der Waals surface area contributed by atoms with Crippen LogP contribution >= 0.6 is 0 Å². The van der Waals surface area contributed by atoms with Crippen LogP contribution < -0.4 is 5.73 Å². The summed E-state index contributed by atoms with van der Waals surface area (Å²) >= 11 is 0. The summed E-state index contributed by atoms with van der Waals surface area (Å²) in [5.41, 5.74) is 10.5. The quantitative estimate of drug-likeness (QED) is 0.899. The minimum absolute atomic E-state index is 0.152. The monoisotopic (exact) mass is 273 g/mol. The molecule has 0 saturated heterocycles. The summed E-state index contributed by atoms with van der Waals surface area (Å²) in [5, 5.41) is 7.11. The lowest BCUT2D eigenvalue weighted by atomic mass is 9.86. The first kappa shape index (κ1) is 14.6. The molecule has 0 spiro atoms. The summed E-state index contributed by atoms with van der Waals surface area (Å²) in [6.07, 6.45) is 0.775. The van der Waals surface area contributed by atoms with Gasteiger partial charge in [0.25, 0.3) is 0 Å². The number of nitrogens with two attached hydrogens (primary N) is 1. The zero-order chi connectivity index (χ0) is 14.8. The SMILES string of the molecule is COCCc1[nH]nc(N)c1-c1ccc(C(C)(C)C)cc1. The predicted molar refractivity (Wildman–Crippen MR) is 82.7 cm³/mol. The van der Waals surface area contributed by atoms with E-state index < -0.39 is 0 Å². The van der Waals surface area contributed by atoms with Crippen molar-refractivity contribution in [1.29, 1.82) is 0 Å². The Kier molecular flexibility index (Phi) is 4.14. The van der Waals surface area contributed by atoms with Gasteiger partial charge in [0.05, 0.1) is 6.61 Å². The van der Waals surface area contributed by atoms with Gasteiger partial charge in [-0.05, 0) is 16.5 Å².